The summed E-state index contributed by atoms with van der Waals surface area (Å²) in [5.41, 5.74) is 2.28. The van der Waals surface area contributed by atoms with Crippen molar-refractivity contribution in [2.24, 2.45) is 0 Å². The molecule has 0 bridgehead atoms. The predicted molar refractivity (Wildman–Crippen MR) is 98.5 cm³/mol. The molecule has 0 unspecified atom stereocenters. The van der Waals surface area contributed by atoms with Crippen molar-refractivity contribution in [2.75, 3.05) is 0 Å². The van der Waals surface area contributed by atoms with Crippen LogP contribution in [0.4, 0.5) is 5.69 Å². The molecule has 136 valence electrons. The molecule has 26 heavy (non-hydrogen) atoms. The van der Waals surface area contributed by atoms with Gasteiger partial charge in [-0.05, 0) is 43.4 Å². The summed E-state index contributed by atoms with van der Waals surface area (Å²) in [4.78, 5) is 22.7. The Labute approximate surface area is 156 Å². The molecule has 0 fully saturated rings. The third-order valence-electron chi connectivity index (χ3n) is 4.49. The van der Waals surface area contributed by atoms with Gasteiger partial charge < -0.3 is 10.1 Å². The van der Waals surface area contributed by atoms with Gasteiger partial charge in [-0.2, -0.15) is 0 Å². The van der Waals surface area contributed by atoms with E-state index < -0.39 is 11.0 Å². The molecule has 0 aromatic heterocycles. The van der Waals surface area contributed by atoms with Crippen LogP contribution in [0.1, 0.15) is 36.9 Å². The number of benzene rings is 2. The summed E-state index contributed by atoms with van der Waals surface area (Å²) in [7, 11) is 0. The molecule has 1 aliphatic carbocycles. The van der Waals surface area contributed by atoms with Gasteiger partial charge in [0, 0.05) is 12.1 Å². The fourth-order valence-electron chi connectivity index (χ4n) is 3.14. The van der Waals surface area contributed by atoms with Crippen molar-refractivity contribution in [1.29, 1.82) is 0 Å². The number of non-ortho nitro benzene ring substituents is 1. The molecule has 1 N–H and O–H groups in total. The molecule has 0 spiro atoms. The third-order valence-corrected chi connectivity index (χ3v) is 4.78. The summed E-state index contributed by atoms with van der Waals surface area (Å²) in [5, 5.41) is 13.9. The summed E-state index contributed by atoms with van der Waals surface area (Å²) in [6.45, 7) is 1.63. The summed E-state index contributed by atoms with van der Waals surface area (Å²) < 4.78 is 5.60. The van der Waals surface area contributed by atoms with Crippen molar-refractivity contribution in [2.45, 2.75) is 38.3 Å². The zero-order valence-electron chi connectivity index (χ0n) is 14.3. The van der Waals surface area contributed by atoms with Crippen LogP contribution in [0.2, 0.25) is 5.02 Å². The van der Waals surface area contributed by atoms with E-state index in [2.05, 4.69) is 11.4 Å². The zero-order valence-corrected chi connectivity index (χ0v) is 15.0. The Morgan fingerprint density at radius 1 is 1.35 bits per heavy atom. The maximum Gasteiger partial charge on any atom is 0.271 e. The van der Waals surface area contributed by atoms with E-state index >= 15 is 0 Å². The van der Waals surface area contributed by atoms with Crippen molar-refractivity contribution in [3.8, 4) is 5.75 Å². The van der Waals surface area contributed by atoms with Crippen LogP contribution in [0.3, 0.4) is 0 Å². The second-order valence-corrected chi connectivity index (χ2v) is 6.69. The molecule has 6 nitrogen and oxygen atoms in total. The lowest BCUT2D eigenvalue weighted by molar-refractivity contribution is -0.384. The van der Waals surface area contributed by atoms with Crippen molar-refractivity contribution < 1.29 is 14.5 Å². The first-order valence-electron chi connectivity index (χ1n) is 8.44. The molecule has 1 aliphatic rings. The van der Waals surface area contributed by atoms with Crippen LogP contribution in [0.5, 0.6) is 5.75 Å². The lowest BCUT2D eigenvalue weighted by atomic mass is 9.87. The number of amides is 1. The number of carbonyl (C=O) groups is 1. The highest BCUT2D eigenvalue weighted by Gasteiger charge is 2.25. The Balaban J connectivity index is 1.67. The first kappa shape index (κ1) is 18.2. The van der Waals surface area contributed by atoms with Gasteiger partial charge in [0.2, 0.25) is 0 Å². The zero-order chi connectivity index (χ0) is 18.7. The van der Waals surface area contributed by atoms with E-state index in [-0.39, 0.29) is 28.4 Å². The molecular formula is C19H19ClN2O4. The van der Waals surface area contributed by atoms with Crippen molar-refractivity contribution >= 4 is 23.2 Å². The Bertz CT molecular complexity index is 840. The molecule has 0 radical (unpaired) electrons. The Hall–Kier alpha value is -2.60. The first-order valence-corrected chi connectivity index (χ1v) is 8.82. The molecule has 1 amide bonds. The van der Waals surface area contributed by atoms with Gasteiger partial charge in [-0.1, -0.05) is 35.9 Å². The van der Waals surface area contributed by atoms with E-state index in [1.54, 1.807) is 6.92 Å². The fraction of sp³-hybridized carbons (Fsp3) is 0.316. The van der Waals surface area contributed by atoms with E-state index in [1.165, 1.54) is 23.8 Å². The number of nitrogens with zero attached hydrogens (tertiary/aromatic N) is 1. The molecule has 2 aromatic carbocycles. The molecule has 0 saturated carbocycles. The number of aryl methyl sites for hydroxylation is 1. The highest BCUT2D eigenvalue weighted by molar-refractivity contribution is 6.32. The second kappa shape index (κ2) is 7.74. The fourth-order valence-corrected chi connectivity index (χ4v) is 3.36. The van der Waals surface area contributed by atoms with Gasteiger partial charge in [-0.25, -0.2) is 0 Å². The number of fused-ring (bicyclic) bond motifs is 1. The summed E-state index contributed by atoms with van der Waals surface area (Å²) in [6, 6.07) is 12.0. The number of nitro benzene ring substituents is 1. The Morgan fingerprint density at radius 3 is 2.85 bits per heavy atom. The van der Waals surface area contributed by atoms with Crippen LogP contribution in [0.25, 0.3) is 0 Å². The van der Waals surface area contributed by atoms with E-state index in [9.17, 15) is 14.9 Å². The van der Waals surface area contributed by atoms with Gasteiger partial charge in [0.15, 0.2) is 6.10 Å². The van der Waals surface area contributed by atoms with E-state index in [1.807, 2.05) is 18.2 Å². The van der Waals surface area contributed by atoms with E-state index in [0.29, 0.717) is 0 Å². The van der Waals surface area contributed by atoms with Crippen LogP contribution in [-0.2, 0) is 11.2 Å². The molecule has 7 heteroatoms. The topological polar surface area (TPSA) is 81.5 Å². The molecule has 2 atom stereocenters. The molecule has 3 rings (SSSR count). The van der Waals surface area contributed by atoms with E-state index in [4.69, 9.17) is 16.3 Å². The Kier molecular flexibility index (Phi) is 5.42. The largest absolute Gasteiger partial charge is 0.479 e. The van der Waals surface area contributed by atoms with Crippen molar-refractivity contribution in [3.63, 3.8) is 0 Å². The monoisotopic (exact) mass is 374 g/mol. The number of hydrogen-bond acceptors (Lipinski definition) is 4. The standard InChI is InChI=1S/C19H19ClN2O4/c1-12(26-18-10-9-14(22(24)25)11-16(18)20)19(23)21-17-8-4-6-13-5-2-3-7-15(13)17/h2-3,5,7,9-12,17H,4,6,8H2,1H3,(H,21,23)/t12-,17-/m0/s1. The summed E-state index contributed by atoms with van der Waals surface area (Å²) >= 11 is 6.02. The molecule has 0 aliphatic heterocycles. The van der Waals surface area contributed by atoms with Gasteiger partial charge in [-0.3, -0.25) is 14.9 Å². The average Bonchev–Trinajstić information content (AvgIpc) is 2.63. The van der Waals surface area contributed by atoms with Gasteiger partial charge >= 0.3 is 0 Å². The van der Waals surface area contributed by atoms with Crippen LogP contribution < -0.4 is 10.1 Å². The van der Waals surface area contributed by atoms with Crippen LogP contribution in [-0.4, -0.2) is 16.9 Å². The summed E-state index contributed by atoms with van der Waals surface area (Å²) in [6.07, 6.45) is 2.15. The van der Waals surface area contributed by atoms with Crippen LogP contribution in [0.15, 0.2) is 42.5 Å². The highest BCUT2D eigenvalue weighted by Crippen LogP contribution is 2.31. The molecule has 2 aromatic rings. The number of nitro groups is 1. The average molecular weight is 375 g/mol. The minimum Gasteiger partial charge on any atom is -0.479 e. The number of carbonyl (C=O) groups excluding carboxylic acids is 1. The maximum atomic E-state index is 12.5. The predicted octanol–water partition coefficient (Wildman–Crippen LogP) is 4.21. The Morgan fingerprint density at radius 2 is 2.12 bits per heavy atom. The first-order chi connectivity index (χ1) is 12.5. The van der Waals surface area contributed by atoms with E-state index in [0.717, 1.165) is 24.8 Å². The van der Waals surface area contributed by atoms with Crippen molar-refractivity contribution in [3.05, 3.63) is 68.7 Å². The number of halogens is 1. The normalized spacial score (nSPS) is 17.1. The SMILES string of the molecule is C[C@H](Oc1ccc([N+](=O)[O-])cc1Cl)C(=O)N[C@H]1CCCc2ccccc21. The smallest absolute Gasteiger partial charge is 0.271 e. The van der Waals surface area contributed by atoms with Crippen LogP contribution >= 0.6 is 11.6 Å². The van der Waals surface area contributed by atoms with Gasteiger partial charge in [0.25, 0.3) is 11.6 Å². The number of hydrogen-bond donors (Lipinski definition) is 1. The number of ether oxygens (including phenoxy) is 1. The van der Waals surface area contributed by atoms with Gasteiger partial charge in [0.05, 0.1) is 16.0 Å². The quantitative estimate of drug-likeness (QED) is 0.627. The minimum atomic E-state index is -0.775. The van der Waals surface area contributed by atoms with Crippen LogP contribution in [0, 0.1) is 10.1 Å². The number of nitrogens with one attached hydrogen (secondary N) is 1. The molecule has 0 heterocycles. The van der Waals surface area contributed by atoms with Gasteiger partial charge in [-0.15, -0.1) is 0 Å². The molecular weight excluding hydrogens is 356 g/mol. The summed E-state index contributed by atoms with van der Waals surface area (Å²) in [5.74, 6) is -0.00918. The van der Waals surface area contributed by atoms with Crippen molar-refractivity contribution in [1.82, 2.24) is 5.32 Å². The second-order valence-electron chi connectivity index (χ2n) is 6.28. The van der Waals surface area contributed by atoms with Gasteiger partial charge in [0.1, 0.15) is 5.75 Å². The lowest BCUT2D eigenvalue weighted by Crippen LogP contribution is -2.39. The third kappa shape index (κ3) is 3.96. The lowest BCUT2D eigenvalue weighted by Gasteiger charge is -2.27. The number of rotatable bonds is 5. The highest BCUT2D eigenvalue weighted by atomic mass is 35.5. The minimum absolute atomic E-state index is 0.0363. The maximum absolute atomic E-state index is 12.5. The molecule has 0 saturated heterocycles.